The zero-order valence-corrected chi connectivity index (χ0v) is 22.3. The normalized spacial score (nSPS) is 43.4. The maximum absolute atomic E-state index is 12.3. The van der Waals surface area contributed by atoms with Gasteiger partial charge in [0.25, 0.3) is 0 Å². The monoisotopic (exact) mass is 492 g/mol. The van der Waals surface area contributed by atoms with Crippen molar-refractivity contribution in [1.29, 1.82) is 0 Å². The summed E-state index contributed by atoms with van der Waals surface area (Å²) in [6.45, 7) is 8.84. The molecule has 0 bridgehead atoms. The van der Waals surface area contributed by atoms with Crippen LogP contribution in [-0.4, -0.2) is 47.6 Å². The summed E-state index contributed by atoms with van der Waals surface area (Å²) in [5.74, 6) is 1.31. The minimum Gasteiger partial charge on any atom is -0.463 e. The lowest BCUT2D eigenvalue weighted by Gasteiger charge is -2.63. The number of ether oxygens (including phenoxy) is 2. The molecular formula is C29H48O6. The zero-order valence-electron chi connectivity index (χ0n) is 22.3. The second-order valence-corrected chi connectivity index (χ2v) is 12.7. The lowest BCUT2D eigenvalue weighted by atomic mass is 9.43. The average Bonchev–Trinajstić information content (AvgIpc) is 3.19. The second-order valence-electron chi connectivity index (χ2n) is 12.7. The van der Waals surface area contributed by atoms with Crippen molar-refractivity contribution in [2.75, 3.05) is 13.2 Å². The summed E-state index contributed by atoms with van der Waals surface area (Å²) in [5, 5.41) is 23.0. The van der Waals surface area contributed by atoms with Crippen LogP contribution in [-0.2, 0) is 19.1 Å². The van der Waals surface area contributed by atoms with E-state index in [2.05, 4.69) is 20.8 Å². The molecule has 0 amide bonds. The van der Waals surface area contributed by atoms with E-state index >= 15 is 0 Å². The van der Waals surface area contributed by atoms with Crippen molar-refractivity contribution in [1.82, 2.24) is 0 Å². The lowest BCUT2D eigenvalue weighted by Crippen LogP contribution is -2.61. The number of esters is 2. The molecule has 0 saturated heterocycles. The summed E-state index contributed by atoms with van der Waals surface area (Å²) < 4.78 is 10.1. The van der Waals surface area contributed by atoms with Crippen LogP contribution in [0.15, 0.2) is 0 Å². The van der Waals surface area contributed by atoms with E-state index in [0.29, 0.717) is 36.7 Å². The number of carbonyl (C=O) groups is 2. The molecule has 4 fully saturated rings. The van der Waals surface area contributed by atoms with Crippen molar-refractivity contribution in [3.8, 4) is 0 Å². The molecule has 4 rings (SSSR count). The molecule has 6 heteroatoms. The molecule has 35 heavy (non-hydrogen) atoms. The quantitative estimate of drug-likeness (QED) is 0.469. The third-order valence-corrected chi connectivity index (χ3v) is 11.1. The van der Waals surface area contributed by atoms with Gasteiger partial charge in [0.2, 0.25) is 0 Å². The van der Waals surface area contributed by atoms with Crippen molar-refractivity contribution in [3.05, 3.63) is 0 Å². The first-order valence-electron chi connectivity index (χ1n) is 14.3. The molecule has 4 aliphatic carbocycles. The molecule has 4 saturated carbocycles. The highest BCUT2D eigenvalue weighted by Gasteiger charge is 2.65. The molecule has 4 aliphatic rings. The van der Waals surface area contributed by atoms with Gasteiger partial charge in [-0.15, -0.1) is 0 Å². The van der Waals surface area contributed by atoms with Crippen LogP contribution in [0.3, 0.4) is 0 Å². The van der Waals surface area contributed by atoms with Gasteiger partial charge >= 0.3 is 11.9 Å². The Morgan fingerprint density at radius 3 is 2.51 bits per heavy atom. The van der Waals surface area contributed by atoms with Gasteiger partial charge in [-0.3, -0.25) is 4.79 Å². The van der Waals surface area contributed by atoms with Crippen LogP contribution in [0.25, 0.3) is 0 Å². The molecule has 0 aliphatic heterocycles. The third kappa shape index (κ3) is 4.91. The standard InChI is InChI=1S/C29H48O6/c1-5-14-34-26(33)17-35-25(32)12-9-18(2)20-10-11-21-27-22(16-24(31)29(20,21)4)28(3)13-7-6-8-19(28)15-23(27)30/h18-24,27,30-31H,5-17H2,1-4H3. The van der Waals surface area contributed by atoms with Crippen molar-refractivity contribution < 1.29 is 29.3 Å². The maximum Gasteiger partial charge on any atom is 0.344 e. The summed E-state index contributed by atoms with van der Waals surface area (Å²) in [7, 11) is 0. The Morgan fingerprint density at radius 1 is 1.00 bits per heavy atom. The van der Waals surface area contributed by atoms with E-state index in [4.69, 9.17) is 9.47 Å². The number of rotatable bonds is 8. The van der Waals surface area contributed by atoms with Gasteiger partial charge < -0.3 is 19.7 Å². The smallest absolute Gasteiger partial charge is 0.344 e. The van der Waals surface area contributed by atoms with Gasteiger partial charge in [0.1, 0.15) is 0 Å². The van der Waals surface area contributed by atoms with E-state index in [-0.39, 0.29) is 53.9 Å². The third-order valence-electron chi connectivity index (χ3n) is 11.1. The van der Waals surface area contributed by atoms with E-state index in [1.807, 2.05) is 6.92 Å². The Hall–Kier alpha value is -1.14. The Kier molecular flexibility index (Phi) is 8.22. The van der Waals surface area contributed by atoms with E-state index in [1.54, 1.807) is 0 Å². The van der Waals surface area contributed by atoms with Crippen molar-refractivity contribution in [3.63, 3.8) is 0 Å². The SMILES string of the molecule is CCCOC(=O)COC(=O)CCC(C)C1CCC2C3C(O)CC4CCCCC4(C)C3CC(O)C12C. The molecule has 10 unspecified atom stereocenters. The first-order valence-corrected chi connectivity index (χ1v) is 14.3. The molecule has 10 atom stereocenters. The van der Waals surface area contributed by atoms with Crippen molar-refractivity contribution in [2.24, 2.45) is 46.3 Å². The Balaban J connectivity index is 1.39. The molecule has 0 aromatic heterocycles. The van der Waals surface area contributed by atoms with Crippen LogP contribution in [0.4, 0.5) is 0 Å². The Bertz CT molecular complexity index is 768. The fourth-order valence-electron chi connectivity index (χ4n) is 9.20. The van der Waals surface area contributed by atoms with Gasteiger partial charge in [-0.25, -0.2) is 4.79 Å². The zero-order chi connectivity index (χ0) is 25.4. The fourth-order valence-corrected chi connectivity index (χ4v) is 9.20. The Labute approximate surface area is 211 Å². The molecule has 2 N–H and O–H groups in total. The van der Waals surface area contributed by atoms with Gasteiger partial charge in [0.15, 0.2) is 6.61 Å². The number of fused-ring (bicyclic) bond motifs is 5. The first kappa shape index (κ1) is 26.9. The van der Waals surface area contributed by atoms with Crippen molar-refractivity contribution >= 4 is 11.9 Å². The van der Waals surface area contributed by atoms with Crippen LogP contribution in [0.2, 0.25) is 0 Å². The average molecular weight is 493 g/mol. The first-order chi connectivity index (χ1) is 16.6. The van der Waals surface area contributed by atoms with Gasteiger partial charge in [-0.05, 0) is 97.7 Å². The minimum atomic E-state index is -0.501. The molecule has 200 valence electrons. The fraction of sp³-hybridized carbons (Fsp3) is 0.931. The van der Waals surface area contributed by atoms with Gasteiger partial charge in [-0.2, -0.15) is 0 Å². The number of hydrogen-bond donors (Lipinski definition) is 2. The summed E-state index contributed by atoms with van der Waals surface area (Å²) in [5.41, 5.74) is 0.0173. The van der Waals surface area contributed by atoms with Crippen molar-refractivity contribution in [2.45, 2.75) is 111 Å². The highest BCUT2D eigenvalue weighted by molar-refractivity contribution is 5.76. The topological polar surface area (TPSA) is 93.1 Å². The number of aliphatic hydroxyl groups is 2. The van der Waals surface area contributed by atoms with E-state index in [1.165, 1.54) is 25.7 Å². The molecule has 6 nitrogen and oxygen atoms in total. The minimum absolute atomic E-state index is 0.229. The summed E-state index contributed by atoms with van der Waals surface area (Å²) >= 11 is 0. The van der Waals surface area contributed by atoms with E-state index in [0.717, 1.165) is 32.1 Å². The van der Waals surface area contributed by atoms with Crippen LogP contribution in [0.1, 0.15) is 98.3 Å². The van der Waals surface area contributed by atoms with Crippen LogP contribution < -0.4 is 0 Å². The highest BCUT2D eigenvalue weighted by atomic mass is 16.6. The predicted molar refractivity (Wildman–Crippen MR) is 133 cm³/mol. The molecular weight excluding hydrogens is 444 g/mol. The number of hydrogen-bond acceptors (Lipinski definition) is 6. The van der Waals surface area contributed by atoms with E-state index in [9.17, 15) is 19.8 Å². The van der Waals surface area contributed by atoms with Gasteiger partial charge in [0.05, 0.1) is 18.8 Å². The predicted octanol–water partition coefficient (Wildman–Crippen LogP) is 4.89. The summed E-state index contributed by atoms with van der Waals surface area (Å²) in [6, 6.07) is 0. The van der Waals surface area contributed by atoms with Crippen LogP contribution in [0, 0.1) is 46.3 Å². The molecule has 0 aromatic rings. The van der Waals surface area contributed by atoms with E-state index < -0.39 is 5.97 Å². The maximum atomic E-state index is 12.3. The highest BCUT2D eigenvalue weighted by Crippen LogP contribution is 2.68. The second kappa shape index (κ2) is 10.7. The van der Waals surface area contributed by atoms with Crippen LogP contribution in [0.5, 0.6) is 0 Å². The molecule has 0 aromatic carbocycles. The molecule has 0 spiro atoms. The number of carbonyl (C=O) groups excluding carboxylic acids is 2. The summed E-state index contributed by atoms with van der Waals surface area (Å²) in [4.78, 5) is 23.8. The Morgan fingerprint density at radius 2 is 1.77 bits per heavy atom. The van der Waals surface area contributed by atoms with Gasteiger partial charge in [0, 0.05) is 6.42 Å². The molecule has 0 heterocycles. The number of aliphatic hydroxyl groups excluding tert-OH is 2. The largest absolute Gasteiger partial charge is 0.463 e. The van der Waals surface area contributed by atoms with Crippen LogP contribution >= 0.6 is 0 Å². The summed E-state index contributed by atoms with van der Waals surface area (Å²) in [6.07, 6.45) is 9.87. The lowest BCUT2D eigenvalue weighted by molar-refractivity contribution is -0.201. The van der Waals surface area contributed by atoms with Gasteiger partial charge in [-0.1, -0.05) is 40.5 Å². The molecule has 0 radical (unpaired) electrons.